The van der Waals surface area contributed by atoms with E-state index in [1.807, 2.05) is 6.07 Å². The van der Waals surface area contributed by atoms with Crippen LogP contribution < -0.4 is 15.2 Å². The Balaban J connectivity index is 2.64. The van der Waals surface area contributed by atoms with Crippen LogP contribution in [0, 0.1) is 0 Å². The van der Waals surface area contributed by atoms with Crippen LogP contribution in [-0.4, -0.2) is 19.8 Å². The maximum absolute atomic E-state index is 5.94. The molecule has 0 radical (unpaired) electrons. The first kappa shape index (κ1) is 14.7. The fraction of sp³-hybridized carbons (Fsp3) is 0.600. The topological polar surface area (TPSA) is 44.5 Å². The Labute approximate surface area is 123 Å². The highest BCUT2D eigenvalue weighted by atomic mass is 79.9. The fourth-order valence-electron chi connectivity index (χ4n) is 2.51. The third-order valence-electron chi connectivity index (χ3n) is 3.49. The van der Waals surface area contributed by atoms with E-state index in [0.29, 0.717) is 31.6 Å². The molecule has 2 rings (SSSR count). The van der Waals surface area contributed by atoms with Gasteiger partial charge >= 0.3 is 0 Å². The van der Waals surface area contributed by atoms with E-state index in [0.717, 1.165) is 22.4 Å². The minimum Gasteiger partial charge on any atom is -0.490 e. The smallest absolute Gasteiger partial charge is 0.164 e. The van der Waals surface area contributed by atoms with Gasteiger partial charge in [0.05, 0.1) is 13.2 Å². The summed E-state index contributed by atoms with van der Waals surface area (Å²) in [6, 6.07) is 2.02. The molecular formula is C15H22BrNO2. The van der Waals surface area contributed by atoms with Crippen molar-refractivity contribution in [2.24, 2.45) is 5.73 Å². The van der Waals surface area contributed by atoms with Crippen LogP contribution in [0.1, 0.15) is 50.2 Å². The van der Waals surface area contributed by atoms with Crippen molar-refractivity contribution in [2.75, 3.05) is 19.8 Å². The van der Waals surface area contributed by atoms with Gasteiger partial charge in [-0.25, -0.2) is 0 Å². The Hall–Kier alpha value is -0.740. The quantitative estimate of drug-likeness (QED) is 0.918. The molecule has 3 nitrogen and oxygen atoms in total. The standard InChI is InChI=1S/C15H22BrNO2/c1-9(2)13-14(10(3)8-17)11(16)7-12-15(13)19-6-4-5-18-12/h7,9-10H,4-6,8,17H2,1-3H3. The van der Waals surface area contributed by atoms with Crippen LogP contribution in [0.25, 0.3) is 0 Å². The van der Waals surface area contributed by atoms with Crippen molar-refractivity contribution in [3.05, 3.63) is 21.7 Å². The largest absolute Gasteiger partial charge is 0.490 e. The lowest BCUT2D eigenvalue weighted by Crippen LogP contribution is -2.14. The van der Waals surface area contributed by atoms with Gasteiger partial charge in [-0.2, -0.15) is 0 Å². The van der Waals surface area contributed by atoms with Crippen LogP contribution >= 0.6 is 15.9 Å². The van der Waals surface area contributed by atoms with Crippen molar-refractivity contribution < 1.29 is 9.47 Å². The predicted molar refractivity (Wildman–Crippen MR) is 81.3 cm³/mol. The second-order valence-corrected chi connectivity index (χ2v) is 6.21. The van der Waals surface area contributed by atoms with Gasteiger partial charge in [0.2, 0.25) is 0 Å². The Kier molecular flexibility index (Phi) is 4.74. The van der Waals surface area contributed by atoms with E-state index < -0.39 is 0 Å². The van der Waals surface area contributed by atoms with Crippen molar-refractivity contribution in [3.8, 4) is 11.5 Å². The highest BCUT2D eigenvalue weighted by Gasteiger charge is 2.25. The molecule has 4 heteroatoms. The van der Waals surface area contributed by atoms with Crippen molar-refractivity contribution >= 4 is 15.9 Å². The number of hydrogen-bond acceptors (Lipinski definition) is 3. The third-order valence-corrected chi connectivity index (χ3v) is 4.15. The minimum atomic E-state index is 0.295. The summed E-state index contributed by atoms with van der Waals surface area (Å²) in [5, 5.41) is 0. The second kappa shape index (κ2) is 6.14. The van der Waals surface area contributed by atoms with Gasteiger partial charge in [-0.3, -0.25) is 0 Å². The molecule has 106 valence electrons. The van der Waals surface area contributed by atoms with Crippen LogP contribution in [0.4, 0.5) is 0 Å². The van der Waals surface area contributed by atoms with Crippen LogP contribution in [0.3, 0.4) is 0 Å². The van der Waals surface area contributed by atoms with Gasteiger partial charge in [0, 0.05) is 16.5 Å². The number of halogens is 1. The molecule has 0 spiro atoms. The average molecular weight is 328 g/mol. The Bertz CT molecular complexity index is 460. The van der Waals surface area contributed by atoms with E-state index in [4.69, 9.17) is 15.2 Å². The maximum atomic E-state index is 5.94. The van der Waals surface area contributed by atoms with E-state index in [-0.39, 0.29) is 0 Å². The third kappa shape index (κ3) is 2.90. The lowest BCUT2D eigenvalue weighted by molar-refractivity contribution is 0.295. The predicted octanol–water partition coefficient (Wildman–Crippen LogP) is 3.80. The zero-order valence-corrected chi connectivity index (χ0v) is 13.4. The molecule has 1 heterocycles. The van der Waals surface area contributed by atoms with Gasteiger partial charge in [-0.1, -0.05) is 36.7 Å². The highest BCUT2D eigenvalue weighted by Crippen LogP contribution is 2.45. The van der Waals surface area contributed by atoms with Crippen LogP contribution in [0.15, 0.2) is 10.5 Å². The fourth-order valence-corrected chi connectivity index (χ4v) is 3.32. The lowest BCUT2D eigenvalue weighted by atomic mass is 9.88. The molecule has 1 aromatic carbocycles. The van der Waals surface area contributed by atoms with Crippen LogP contribution in [-0.2, 0) is 0 Å². The van der Waals surface area contributed by atoms with Gasteiger partial charge in [-0.15, -0.1) is 0 Å². The van der Waals surface area contributed by atoms with E-state index in [1.54, 1.807) is 0 Å². The number of benzene rings is 1. The summed E-state index contributed by atoms with van der Waals surface area (Å²) in [6.45, 7) is 8.56. The summed E-state index contributed by atoms with van der Waals surface area (Å²) in [5.74, 6) is 2.42. The number of rotatable bonds is 3. The SMILES string of the molecule is CC(C)c1c2c(cc(Br)c1C(C)CN)OCCCO2. The van der Waals surface area contributed by atoms with Gasteiger partial charge in [-0.05, 0) is 30.0 Å². The molecule has 0 saturated heterocycles. The van der Waals surface area contributed by atoms with Gasteiger partial charge < -0.3 is 15.2 Å². The molecule has 1 aliphatic rings. The molecule has 1 aromatic rings. The zero-order valence-electron chi connectivity index (χ0n) is 11.8. The molecule has 2 N–H and O–H groups in total. The van der Waals surface area contributed by atoms with E-state index in [9.17, 15) is 0 Å². The second-order valence-electron chi connectivity index (χ2n) is 5.35. The molecule has 0 aromatic heterocycles. The maximum Gasteiger partial charge on any atom is 0.164 e. The van der Waals surface area contributed by atoms with E-state index >= 15 is 0 Å². The molecule has 0 saturated carbocycles. The average Bonchev–Trinajstić information content (AvgIpc) is 2.60. The van der Waals surface area contributed by atoms with Crippen LogP contribution in [0.5, 0.6) is 11.5 Å². The van der Waals surface area contributed by atoms with Crippen LogP contribution in [0.2, 0.25) is 0 Å². The molecule has 0 bridgehead atoms. The first-order chi connectivity index (χ1) is 9.06. The van der Waals surface area contributed by atoms with E-state index in [2.05, 4.69) is 36.7 Å². The van der Waals surface area contributed by atoms with Crippen molar-refractivity contribution in [2.45, 2.75) is 39.0 Å². The van der Waals surface area contributed by atoms with Gasteiger partial charge in [0.15, 0.2) is 11.5 Å². The molecule has 0 amide bonds. The first-order valence-corrected chi connectivity index (χ1v) is 7.67. The van der Waals surface area contributed by atoms with Crippen molar-refractivity contribution in [3.63, 3.8) is 0 Å². The van der Waals surface area contributed by atoms with Crippen molar-refractivity contribution in [1.29, 1.82) is 0 Å². The number of ether oxygens (including phenoxy) is 2. The zero-order chi connectivity index (χ0) is 14.0. The molecule has 0 fully saturated rings. The first-order valence-electron chi connectivity index (χ1n) is 6.88. The Morgan fingerprint density at radius 2 is 1.89 bits per heavy atom. The highest BCUT2D eigenvalue weighted by molar-refractivity contribution is 9.10. The normalized spacial score (nSPS) is 16.3. The molecule has 0 aliphatic carbocycles. The Morgan fingerprint density at radius 3 is 2.53 bits per heavy atom. The number of nitrogens with two attached hydrogens (primary N) is 1. The van der Waals surface area contributed by atoms with Gasteiger partial charge in [0.1, 0.15) is 0 Å². The number of hydrogen-bond donors (Lipinski definition) is 1. The molecular weight excluding hydrogens is 306 g/mol. The summed E-state index contributed by atoms with van der Waals surface area (Å²) in [6.07, 6.45) is 0.922. The lowest BCUT2D eigenvalue weighted by Gasteiger charge is -2.24. The molecule has 1 aliphatic heterocycles. The molecule has 1 unspecified atom stereocenters. The summed E-state index contributed by atoms with van der Waals surface area (Å²) in [5.41, 5.74) is 8.33. The van der Waals surface area contributed by atoms with Crippen molar-refractivity contribution in [1.82, 2.24) is 0 Å². The number of fused-ring (bicyclic) bond motifs is 1. The summed E-state index contributed by atoms with van der Waals surface area (Å²) in [4.78, 5) is 0. The summed E-state index contributed by atoms with van der Waals surface area (Å²) < 4.78 is 12.8. The molecule has 19 heavy (non-hydrogen) atoms. The minimum absolute atomic E-state index is 0.295. The summed E-state index contributed by atoms with van der Waals surface area (Å²) >= 11 is 3.67. The molecule has 1 atom stereocenters. The summed E-state index contributed by atoms with van der Waals surface area (Å²) in [7, 11) is 0. The van der Waals surface area contributed by atoms with Gasteiger partial charge in [0.25, 0.3) is 0 Å². The van der Waals surface area contributed by atoms with E-state index in [1.165, 1.54) is 11.1 Å². The monoisotopic (exact) mass is 327 g/mol. The Morgan fingerprint density at radius 1 is 1.21 bits per heavy atom.